The lowest BCUT2D eigenvalue weighted by Gasteiger charge is -2.12. The lowest BCUT2D eigenvalue weighted by Crippen LogP contribution is -2.10. The van der Waals surface area contributed by atoms with Crippen molar-refractivity contribution in [1.82, 2.24) is 0 Å². The third-order valence-electron chi connectivity index (χ3n) is 3.15. The molecule has 0 aliphatic carbocycles. The molecule has 1 unspecified atom stereocenters. The topological polar surface area (TPSA) is 26.0 Å². The number of benzene rings is 1. The predicted molar refractivity (Wildman–Crippen MR) is 83.3 cm³/mol. The van der Waals surface area contributed by atoms with Crippen molar-refractivity contribution >= 4 is 27.3 Å². The molecule has 96 valence electrons. The second-order valence-corrected chi connectivity index (χ2v) is 7.31. The van der Waals surface area contributed by atoms with Crippen molar-refractivity contribution in [2.45, 2.75) is 32.7 Å². The van der Waals surface area contributed by atoms with Crippen LogP contribution in [-0.2, 0) is 0 Å². The second-order valence-electron chi connectivity index (χ2n) is 4.90. The normalized spacial score (nSPS) is 13.0. The summed E-state index contributed by atoms with van der Waals surface area (Å²) in [7, 11) is 0. The third kappa shape index (κ3) is 2.85. The predicted octanol–water partition coefficient (Wildman–Crippen LogP) is 4.99. The van der Waals surface area contributed by atoms with Crippen LogP contribution in [0.4, 0.5) is 0 Å². The molecule has 3 heteroatoms. The van der Waals surface area contributed by atoms with Crippen LogP contribution in [0.3, 0.4) is 0 Å². The molecule has 0 saturated carbocycles. The molecule has 0 aliphatic heterocycles. The Labute approximate surface area is 121 Å². The van der Waals surface area contributed by atoms with Gasteiger partial charge >= 0.3 is 0 Å². The zero-order chi connectivity index (χ0) is 13.3. The minimum absolute atomic E-state index is 0.0267. The molecule has 1 atom stereocenters. The summed E-state index contributed by atoms with van der Waals surface area (Å²) in [6, 6.07) is 10.8. The third-order valence-corrected chi connectivity index (χ3v) is 5.36. The SMILES string of the molecule is Cc1cc(C(N)c2ccc(C(C)C)cc2)sc1Br. The average molecular weight is 324 g/mol. The van der Waals surface area contributed by atoms with E-state index >= 15 is 0 Å². The maximum atomic E-state index is 6.31. The van der Waals surface area contributed by atoms with Crippen molar-refractivity contribution in [1.29, 1.82) is 0 Å². The number of rotatable bonds is 3. The molecular weight excluding hydrogens is 306 g/mol. The van der Waals surface area contributed by atoms with Gasteiger partial charge in [-0.3, -0.25) is 0 Å². The van der Waals surface area contributed by atoms with Crippen LogP contribution in [0.15, 0.2) is 34.1 Å². The van der Waals surface area contributed by atoms with Gasteiger partial charge in [-0.2, -0.15) is 0 Å². The van der Waals surface area contributed by atoms with Gasteiger partial charge in [0.2, 0.25) is 0 Å². The van der Waals surface area contributed by atoms with Crippen LogP contribution >= 0.6 is 27.3 Å². The maximum Gasteiger partial charge on any atom is 0.0731 e. The molecule has 1 nitrogen and oxygen atoms in total. The fourth-order valence-corrected chi connectivity index (χ4v) is 3.49. The first-order chi connectivity index (χ1) is 8.49. The van der Waals surface area contributed by atoms with Crippen LogP contribution < -0.4 is 5.73 Å². The van der Waals surface area contributed by atoms with Gasteiger partial charge < -0.3 is 5.73 Å². The smallest absolute Gasteiger partial charge is 0.0731 e. The maximum absolute atomic E-state index is 6.31. The zero-order valence-corrected chi connectivity index (χ0v) is 13.3. The molecule has 0 fully saturated rings. The van der Waals surface area contributed by atoms with Crippen molar-refractivity contribution in [3.8, 4) is 0 Å². The van der Waals surface area contributed by atoms with Crippen LogP contribution in [0.2, 0.25) is 0 Å². The molecule has 1 aromatic heterocycles. The van der Waals surface area contributed by atoms with E-state index in [0.29, 0.717) is 5.92 Å². The molecule has 18 heavy (non-hydrogen) atoms. The largest absolute Gasteiger partial charge is 0.320 e. The molecule has 0 radical (unpaired) electrons. The van der Waals surface area contributed by atoms with E-state index < -0.39 is 0 Å². The fraction of sp³-hybridized carbons (Fsp3) is 0.333. The van der Waals surface area contributed by atoms with Crippen molar-refractivity contribution in [2.75, 3.05) is 0 Å². The highest BCUT2D eigenvalue weighted by Gasteiger charge is 2.13. The van der Waals surface area contributed by atoms with E-state index in [1.54, 1.807) is 11.3 Å². The first kappa shape index (κ1) is 13.8. The first-order valence-electron chi connectivity index (χ1n) is 6.10. The van der Waals surface area contributed by atoms with Gasteiger partial charge in [-0.15, -0.1) is 11.3 Å². The molecule has 2 aromatic rings. The van der Waals surface area contributed by atoms with E-state index in [2.05, 4.69) is 67.0 Å². The van der Waals surface area contributed by atoms with E-state index in [0.717, 1.165) is 0 Å². The summed E-state index contributed by atoms with van der Waals surface area (Å²) in [5.74, 6) is 0.563. The average Bonchev–Trinajstić information content (AvgIpc) is 2.69. The number of nitrogens with two attached hydrogens (primary N) is 1. The standard InChI is InChI=1S/C15H18BrNS/c1-9(2)11-4-6-12(7-5-11)14(17)13-8-10(3)15(16)18-13/h4-9,14H,17H2,1-3H3. The van der Waals surface area contributed by atoms with Gasteiger partial charge in [-0.25, -0.2) is 0 Å². The van der Waals surface area contributed by atoms with Gasteiger partial charge in [0.15, 0.2) is 0 Å². The Morgan fingerprint density at radius 1 is 1.11 bits per heavy atom. The van der Waals surface area contributed by atoms with Crippen molar-refractivity contribution < 1.29 is 0 Å². The summed E-state index contributed by atoms with van der Waals surface area (Å²) in [6.45, 7) is 6.50. The quantitative estimate of drug-likeness (QED) is 0.845. The van der Waals surface area contributed by atoms with Gasteiger partial charge in [0, 0.05) is 4.88 Å². The van der Waals surface area contributed by atoms with E-state index in [1.165, 1.54) is 25.4 Å². The fourth-order valence-electron chi connectivity index (χ4n) is 1.89. The van der Waals surface area contributed by atoms with Crippen LogP contribution in [0, 0.1) is 6.92 Å². The van der Waals surface area contributed by atoms with Gasteiger partial charge in [0.25, 0.3) is 0 Å². The number of hydrogen-bond acceptors (Lipinski definition) is 2. The first-order valence-corrected chi connectivity index (χ1v) is 7.71. The number of hydrogen-bond donors (Lipinski definition) is 1. The molecular formula is C15H18BrNS. The minimum atomic E-state index is -0.0267. The van der Waals surface area contributed by atoms with E-state index in [9.17, 15) is 0 Å². The van der Waals surface area contributed by atoms with Gasteiger partial charge in [-0.05, 0) is 51.5 Å². The van der Waals surface area contributed by atoms with Crippen LogP contribution in [-0.4, -0.2) is 0 Å². The Bertz CT molecular complexity index is 508. The molecule has 1 aromatic carbocycles. The lowest BCUT2D eigenvalue weighted by molar-refractivity contribution is 0.854. The number of aryl methyl sites for hydroxylation is 1. The highest BCUT2D eigenvalue weighted by molar-refractivity contribution is 9.11. The summed E-state index contributed by atoms with van der Waals surface area (Å²) >= 11 is 5.27. The molecule has 2 N–H and O–H groups in total. The molecule has 1 heterocycles. The van der Waals surface area contributed by atoms with Crippen LogP contribution in [0.1, 0.15) is 47.4 Å². The highest BCUT2D eigenvalue weighted by Crippen LogP contribution is 2.33. The molecule has 2 rings (SSSR count). The van der Waals surface area contributed by atoms with Gasteiger partial charge in [-0.1, -0.05) is 38.1 Å². The van der Waals surface area contributed by atoms with Crippen molar-refractivity contribution in [3.05, 3.63) is 55.7 Å². The van der Waals surface area contributed by atoms with E-state index in [1.807, 2.05) is 0 Å². The highest BCUT2D eigenvalue weighted by atomic mass is 79.9. The Hall–Kier alpha value is -0.640. The van der Waals surface area contributed by atoms with Crippen molar-refractivity contribution in [2.24, 2.45) is 5.73 Å². The Morgan fingerprint density at radius 2 is 1.67 bits per heavy atom. The summed E-state index contributed by atoms with van der Waals surface area (Å²) in [5, 5.41) is 0. The summed E-state index contributed by atoms with van der Waals surface area (Å²) in [6.07, 6.45) is 0. The molecule has 0 saturated heterocycles. The van der Waals surface area contributed by atoms with E-state index in [4.69, 9.17) is 5.73 Å². The minimum Gasteiger partial charge on any atom is -0.320 e. The molecule has 0 spiro atoms. The van der Waals surface area contributed by atoms with Crippen molar-refractivity contribution in [3.63, 3.8) is 0 Å². The lowest BCUT2D eigenvalue weighted by atomic mass is 9.99. The second kappa shape index (κ2) is 5.55. The number of thiophene rings is 1. The van der Waals surface area contributed by atoms with Crippen LogP contribution in [0.25, 0.3) is 0 Å². The molecule has 0 aliphatic rings. The van der Waals surface area contributed by atoms with Gasteiger partial charge in [0.1, 0.15) is 0 Å². The Morgan fingerprint density at radius 3 is 2.11 bits per heavy atom. The van der Waals surface area contributed by atoms with Crippen LogP contribution in [0.5, 0.6) is 0 Å². The molecule has 0 bridgehead atoms. The Kier molecular flexibility index (Phi) is 4.25. The monoisotopic (exact) mass is 323 g/mol. The summed E-state index contributed by atoms with van der Waals surface area (Å²) in [4.78, 5) is 1.21. The summed E-state index contributed by atoms with van der Waals surface area (Å²) in [5.41, 5.74) is 10.1. The number of halogens is 1. The Balaban J connectivity index is 2.25. The molecule has 0 amide bonds. The van der Waals surface area contributed by atoms with E-state index in [-0.39, 0.29) is 6.04 Å². The summed E-state index contributed by atoms with van der Waals surface area (Å²) < 4.78 is 1.17. The van der Waals surface area contributed by atoms with Gasteiger partial charge in [0.05, 0.1) is 9.83 Å². The zero-order valence-electron chi connectivity index (χ0n) is 10.9.